The molecule has 6 heteroatoms. The first-order chi connectivity index (χ1) is 12.6. The minimum absolute atomic E-state index is 0.167. The molecule has 3 aliphatic rings. The van der Waals surface area contributed by atoms with Crippen LogP contribution in [0.15, 0.2) is 24.3 Å². The van der Waals surface area contributed by atoms with Gasteiger partial charge < -0.3 is 15.4 Å². The van der Waals surface area contributed by atoms with Crippen LogP contribution >= 0.6 is 0 Å². The number of anilines is 1. The number of benzene rings is 1. The second-order valence-electron chi connectivity index (χ2n) is 7.66. The summed E-state index contributed by atoms with van der Waals surface area (Å²) < 4.78 is 4.98. The number of nitrogens with one attached hydrogen (secondary N) is 2. The van der Waals surface area contributed by atoms with E-state index in [0.717, 1.165) is 50.9 Å². The molecular formula is C20H27N3O3. The summed E-state index contributed by atoms with van der Waals surface area (Å²) in [6, 6.07) is 8.77. The average Bonchev–Trinajstić information content (AvgIpc) is 3.20. The molecule has 1 saturated carbocycles. The van der Waals surface area contributed by atoms with Gasteiger partial charge in [-0.3, -0.25) is 9.69 Å². The highest BCUT2D eigenvalue weighted by Gasteiger charge is 2.49. The number of nitrogens with zero attached hydrogens (tertiary/aromatic N) is 1. The zero-order chi connectivity index (χ0) is 18.1. The number of para-hydroxylation sites is 1. The first-order valence-corrected chi connectivity index (χ1v) is 9.70. The normalized spacial score (nSPS) is 30.9. The summed E-state index contributed by atoms with van der Waals surface area (Å²) in [5.41, 5.74) is 1.82. The highest BCUT2D eigenvalue weighted by Crippen LogP contribution is 2.48. The summed E-state index contributed by atoms with van der Waals surface area (Å²) in [7, 11) is 0. The van der Waals surface area contributed by atoms with Crippen molar-refractivity contribution in [2.24, 2.45) is 0 Å². The quantitative estimate of drug-likeness (QED) is 0.872. The van der Waals surface area contributed by atoms with E-state index >= 15 is 0 Å². The number of alkyl carbamates (subject to hydrolysis) is 1. The number of carbonyl (C=O) groups is 2. The Balaban J connectivity index is 1.36. The Morgan fingerprint density at radius 3 is 2.85 bits per heavy atom. The molecule has 2 fully saturated rings. The minimum Gasteiger partial charge on any atom is -0.450 e. The van der Waals surface area contributed by atoms with Crippen LogP contribution < -0.4 is 10.6 Å². The van der Waals surface area contributed by atoms with Gasteiger partial charge in [-0.1, -0.05) is 18.2 Å². The Hall–Kier alpha value is -2.08. The van der Waals surface area contributed by atoms with Crippen molar-refractivity contribution < 1.29 is 14.3 Å². The molecule has 2 N–H and O–H groups in total. The molecule has 1 aromatic carbocycles. The van der Waals surface area contributed by atoms with Crippen molar-refractivity contribution in [3.63, 3.8) is 0 Å². The van der Waals surface area contributed by atoms with E-state index < -0.39 is 0 Å². The number of carbonyl (C=O) groups excluding carboxylic acids is 2. The van der Waals surface area contributed by atoms with E-state index in [0.29, 0.717) is 12.6 Å². The van der Waals surface area contributed by atoms with Gasteiger partial charge in [0.1, 0.15) is 0 Å². The van der Waals surface area contributed by atoms with Gasteiger partial charge in [0.2, 0.25) is 5.91 Å². The van der Waals surface area contributed by atoms with E-state index in [1.807, 2.05) is 25.1 Å². The third-order valence-corrected chi connectivity index (χ3v) is 6.27. The third kappa shape index (κ3) is 2.96. The van der Waals surface area contributed by atoms with Crippen molar-refractivity contribution in [3.05, 3.63) is 29.8 Å². The molecule has 6 nitrogen and oxygen atoms in total. The van der Waals surface area contributed by atoms with Gasteiger partial charge in [-0.05, 0) is 50.7 Å². The van der Waals surface area contributed by atoms with Crippen molar-refractivity contribution in [2.45, 2.75) is 56.5 Å². The average molecular weight is 357 g/mol. The lowest BCUT2D eigenvalue weighted by Gasteiger charge is -2.39. The number of likely N-dealkylation sites (tertiary alicyclic amines) is 1. The molecule has 1 spiro atoms. The number of ether oxygens (including phenoxy) is 1. The van der Waals surface area contributed by atoms with Crippen LogP contribution in [0.3, 0.4) is 0 Å². The van der Waals surface area contributed by atoms with Crippen LogP contribution in [0.4, 0.5) is 10.5 Å². The summed E-state index contributed by atoms with van der Waals surface area (Å²) in [5, 5.41) is 6.02. The van der Waals surface area contributed by atoms with Crippen LogP contribution in [0.5, 0.6) is 0 Å². The maximum Gasteiger partial charge on any atom is 0.407 e. The first kappa shape index (κ1) is 17.3. The van der Waals surface area contributed by atoms with Gasteiger partial charge >= 0.3 is 6.09 Å². The Morgan fingerprint density at radius 1 is 1.31 bits per heavy atom. The summed E-state index contributed by atoms with van der Waals surface area (Å²) in [6.45, 7) is 4.09. The lowest BCUT2D eigenvalue weighted by molar-refractivity contribution is -0.122. The van der Waals surface area contributed by atoms with E-state index in [4.69, 9.17) is 4.74 Å². The van der Waals surface area contributed by atoms with E-state index in [-0.39, 0.29) is 23.5 Å². The Kier molecular flexibility index (Phi) is 4.61. The molecule has 1 aromatic rings. The molecule has 26 heavy (non-hydrogen) atoms. The van der Waals surface area contributed by atoms with Crippen LogP contribution in [-0.4, -0.2) is 48.7 Å². The first-order valence-electron chi connectivity index (χ1n) is 9.70. The molecule has 2 amide bonds. The zero-order valence-corrected chi connectivity index (χ0v) is 15.3. The fraction of sp³-hybridized carbons (Fsp3) is 0.600. The zero-order valence-electron chi connectivity index (χ0n) is 15.3. The number of rotatable bonds is 3. The number of hydrogen-bond donors (Lipinski definition) is 2. The summed E-state index contributed by atoms with van der Waals surface area (Å²) in [6.07, 6.45) is 4.48. The smallest absolute Gasteiger partial charge is 0.407 e. The maximum atomic E-state index is 12.7. The minimum atomic E-state index is -0.338. The molecular weight excluding hydrogens is 330 g/mol. The van der Waals surface area contributed by atoms with Crippen molar-refractivity contribution >= 4 is 17.7 Å². The van der Waals surface area contributed by atoms with E-state index in [1.54, 1.807) is 0 Å². The topological polar surface area (TPSA) is 70.7 Å². The van der Waals surface area contributed by atoms with E-state index in [9.17, 15) is 9.59 Å². The van der Waals surface area contributed by atoms with E-state index in [2.05, 4.69) is 21.6 Å². The number of hydrogen-bond acceptors (Lipinski definition) is 4. The number of fused-ring (bicyclic) bond motifs is 2. The molecule has 0 unspecified atom stereocenters. The van der Waals surface area contributed by atoms with Gasteiger partial charge in [0.05, 0.1) is 12.0 Å². The van der Waals surface area contributed by atoms with Crippen molar-refractivity contribution in [3.8, 4) is 0 Å². The molecule has 2 aliphatic heterocycles. The summed E-state index contributed by atoms with van der Waals surface area (Å²) in [4.78, 5) is 26.8. The molecule has 0 bridgehead atoms. The number of amides is 2. The van der Waals surface area contributed by atoms with Crippen LogP contribution in [0.2, 0.25) is 0 Å². The Bertz CT molecular complexity index is 697. The monoisotopic (exact) mass is 357 g/mol. The molecule has 0 radical (unpaired) electrons. The van der Waals surface area contributed by atoms with Crippen molar-refractivity contribution in [2.75, 3.05) is 25.0 Å². The summed E-state index contributed by atoms with van der Waals surface area (Å²) >= 11 is 0. The molecule has 2 heterocycles. The van der Waals surface area contributed by atoms with Crippen LogP contribution in [0.25, 0.3) is 0 Å². The van der Waals surface area contributed by atoms with Crippen molar-refractivity contribution in [1.82, 2.24) is 10.2 Å². The Morgan fingerprint density at radius 2 is 2.08 bits per heavy atom. The van der Waals surface area contributed by atoms with Gasteiger partial charge in [-0.2, -0.15) is 0 Å². The van der Waals surface area contributed by atoms with Crippen LogP contribution in [-0.2, 0) is 14.9 Å². The molecule has 0 aromatic heterocycles. The van der Waals surface area contributed by atoms with Gasteiger partial charge in [0.15, 0.2) is 0 Å². The second-order valence-corrected chi connectivity index (χ2v) is 7.66. The van der Waals surface area contributed by atoms with Gasteiger partial charge in [-0.15, -0.1) is 0 Å². The van der Waals surface area contributed by atoms with Gasteiger partial charge in [-0.25, -0.2) is 4.79 Å². The molecule has 140 valence electrons. The van der Waals surface area contributed by atoms with Crippen molar-refractivity contribution in [1.29, 1.82) is 0 Å². The molecule has 1 saturated heterocycles. The summed E-state index contributed by atoms with van der Waals surface area (Å²) in [5.74, 6) is 0.167. The highest BCUT2D eigenvalue weighted by atomic mass is 16.5. The fourth-order valence-corrected chi connectivity index (χ4v) is 4.91. The maximum absolute atomic E-state index is 12.7. The predicted molar refractivity (Wildman–Crippen MR) is 99.1 cm³/mol. The molecule has 4 rings (SSSR count). The lowest BCUT2D eigenvalue weighted by atomic mass is 9.68. The van der Waals surface area contributed by atoms with Gasteiger partial charge in [0.25, 0.3) is 0 Å². The third-order valence-electron chi connectivity index (χ3n) is 6.27. The standard InChI is InChI=1S/C20H27N3O3/c1-2-26-19(25)21-14-9-12-23(13-14)15-7-10-20(11-8-15)16-5-3-4-6-17(16)22-18(20)24/h3-6,14-15H,2,7-13H2,1H3,(H,21,25)(H,22,24)/t14-,15?,20?/m0/s1. The lowest BCUT2D eigenvalue weighted by Crippen LogP contribution is -2.45. The Labute approximate surface area is 154 Å². The highest BCUT2D eigenvalue weighted by molar-refractivity contribution is 6.06. The fourth-order valence-electron chi connectivity index (χ4n) is 4.91. The van der Waals surface area contributed by atoms with E-state index in [1.165, 1.54) is 5.56 Å². The van der Waals surface area contributed by atoms with Crippen LogP contribution in [0, 0.1) is 0 Å². The van der Waals surface area contributed by atoms with Gasteiger partial charge in [0, 0.05) is 30.9 Å². The SMILES string of the molecule is CCOC(=O)N[C@H]1CCN(C2CCC3(CC2)C(=O)Nc2ccccc23)C1. The van der Waals surface area contributed by atoms with Crippen LogP contribution in [0.1, 0.15) is 44.6 Å². The second kappa shape index (κ2) is 6.91. The molecule has 1 aliphatic carbocycles. The molecule has 1 atom stereocenters. The largest absolute Gasteiger partial charge is 0.450 e. The predicted octanol–water partition coefficient (Wildman–Crippen LogP) is 2.64.